The number of nitro benzene ring substituents is 1. The highest BCUT2D eigenvalue weighted by Crippen LogP contribution is 2.24. The largest absolute Gasteiger partial charge is 0.573 e. The number of amides is 1. The van der Waals surface area contributed by atoms with Crippen LogP contribution in [0.5, 0.6) is 5.75 Å². The number of carbonyl (C=O) groups is 1. The second-order valence-corrected chi connectivity index (χ2v) is 8.04. The van der Waals surface area contributed by atoms with Crippen LogP contribution in [0.4, 0.5) is 18.9 Å². The van der Waals surface area contributed by atoms with E-state index in [0.717, 1.165) is 0 Å². The zero-order valence-electron chi connectivity index (χ0n) is 19.5. The minimum absolute atomic E-state index is 0.0704. The smallest absolute Gasteiger partial charge is 0.406 e. The molecule has 0 aliphatic rings. The van der Waals surface area contributed by atoms with Crippen LogP contribution in [0.25, 0.3) is 17.1 Å². The number of carbonyl (C=O) groups excluding carboxylic acids is 1. The molecule has 1 aromatic heterocycles. The molecular formula is C24H16F3N7O4S. The Morgan fingerprint density at radius 1 is 1.05 bits per heavy atom. The molecule has 0 spiro atoms. The van der Waals surface area contributed by atoms with E-state index in [1.807, 2.05) is 0 Å². The van der Waals surface area contributed by atoms with Gasteiger partial charge in [-0.2, -0.15) is 5.10 Å². The summed E-state index contributed by atoms with van der Waals surface area (Å²) in [6.07, 6.45) is -1.88. The van der Waals surface area contributed by atoms with Crippen LogP contribution < -0.4 is 15.5 Å². The highest BCUT2D eigenvalue weighted by atomic mass is 32.1. The van der Waals surface area contributed by atoms with Gasteiger partial charge in [-0.3, -0.25) is 25.7 Å². The minimum atomic E-state index is -4.77. The number of aromatic nitrogens is 3. The summed E-state index contributed by atoms with van der Waals surface area (Å²) in [5.41, 5.74) is 4.42. The van der Waals surface area contributed by atoms with Crippen molar-refractivity contribution < 1.29 is 27.6 Å². The molecule has 4 rings (SSSR count). The Morgan fingerprint density at radius 3 is 2.33 bits per heavy atom. The molecule has 0 bridgehead atoms. The van der Waals surface area contributed by atoms with Crippen LogP contribution in [0, 0.1) is 10.1 Å². The Bertz CT molecular complexity index is 1520. The van der Waals surface area contributed by atoms with Crippen LogP contribution in [-0.4, -0.2) is 43.3 Å². The van der Waals surface area contributed by atoms with Crippen molar-refractivity contribution in [3.63, 3.8) is 0 Å². The standard InChI is InChI=1S/C24H16F3N7O4S/c25-24(26,27)38-20-11-9-18(10-12-20)33-14-28-21(32-33)16-3-1-15(2-4-16)13-29-31-23(39)30-22(35)17-5-7-19(8-6-17)34(36)37/h1-14H,(H2,30,31,35,39)/b29-13+. The van der Waals surface area contributed by atoms with Gasteiger partial charge in [-0.1, -0.05) is 24.3 Å². The molecule has 11 nitrogen and oxygen atoms in total. The van der Waals surface area contributed by atoms with Crippen molar-refractivity contribution in [1.82, 2.24) is 25.5 Å². The Morgan fingerprint density at radius 2 is 1.72 bits per heavy atom. The molecule has 0 saturated carbocycles. The number of benzene rings is 3. The van der Waals surface area contributed by atoms with Crippen molar-refractivity contribution in [1.29, 1.82) is 0 Å². The van der Waals surface area contributed by atoms with Gasteiger partial charge in [0.1, 0.15) is 12.1 Å². The number of hydrazone groups is 1. The monoisotopic (exact) mass is 555 g/mol. The second-order valence-electron chi connectivity index (χ2n) is 7.63. The van der Waals surface area contributed by atoms with Crippen molar-refractivity contribution in [3.05, 3.63) is 100 Å². The molecule has 1 heterocycles. The number of ether oxygens (including phenoxy) is 1. The summed E-state index contributed by atoms with van der Waals surface area (Å²) in [5.74, 6) is -0.507. The van der Waals surface area contributed by atoms with E-state index in [2.05, 4.69) is 30.7 Å². The van der Waals surface area contributed by atoms with Gasteiger partial charge in [-0.25, -0.2) is 9.67 Å². The molecule has 0 radical (unpaired) electrons. The maximum Gasteiger partial charge on any atom is 0.573 e. The summed E-state index contributed by atoms with van der Waals surface area (Å²) in [4.78, 5) is 26.5. The van der Waals surface area contributed by atoms with E-state index in [9.17, 15) is 28.1 Å². The number of hydrogen-bond donors (Lipinski definition) is 2. The summed E-state index contributed by atoms with van der Waals surface area (Å²) in [6, 6.07) is 17.2. The molecule has 3 aromatic carbocycles. The number of nitrogens with one attached hydrogen (secondary N) is 2. The summed E-state index contributed by atoms with van der Waals surface area (Å²) in [5, 5.41) is 21.4. The number of halogens is 3. The van der Waals surface area contributed by atoms with E-state index < -0.39 is 17.2 Å². The molecule has 0 unspecified atom stereocenters. The average Bonchev–Trinajstić information content (AvgIpc) is 3.39. The first-order chi connectivity index (χ1) is 18.6. The highest BCUT2D eigenvalue weighted by Gasteiger charge is 2.31. The molecule has 0 atom stereocenters. The Balaban J connectivity index is 1.31. The van der Waals surface area contributed by atoms with E-state index in [1.165, 1.54) is 65.8 Å². The van der Waals surface area contributed by atoms with Crippen LogP contribution in [-0.2, 0) is 0 Å². The summed E-state index contributed by atoms with van der Waals surface area (Å²) >= 11 is 5.03. The second kappa shape index (κ2) is 11.5. The Hall–Kier alpha value is -5.18. The predicted molar refractivity (Wildman–Crippen MR) is 137 cm³/mol. The molecule has 0 aliphatic carbocycles. The lowest BCUT2D eigenvalue weighted by Crippen LogP contribution is -2.36. The molecule has 0 aliphatic heterocycles. The number of nitrogens with zero attached hydrogens (tertiary/aromatic N) is 5. The number of rotatable bonds is 7. The van der Waals surface area contributed by atoms with Crippen molar-refractivity contribution in [2.75, 3.05) is 0 Å². The normalized spacial score (nSPS) is 11.3. The number of hydrogen-bond acceptors (Lipinski definition) is 8. The average molecular weight is 555 g/mol. The zero-order valence-corrected chi connectivity index (χ0v) is 20.3. The molecule has 39 heavy (non-hydrogen) atoms. The fourth-order valence-electron chi connectivity index (χ4n) is 3.14. The molecular weight excluding hydrogens is 539 g/mol. The maximum absolute atomic E-state index is 12.3. The number of alkyl halides is 3. The third-order valence-electron chi connectivity index (χ3n) is 4.94. The minimum Gasteiger partial charge on any atom is -0.406 e. The first-order valence-corrected chi connectivity index (χ1v) is 11.3. The lowest BCUT2D eigenvalue weighted by atomic mass is 10.1. The maximum atomic E-state index is 12.3. The summed E-state index contributed by atoms with van der Waals surface area (Å²) < 4.78 is 42.2. The van der Waals surface area contributed by atoms with E-state index in [1.54, 1.807) is 24.3 Å². The lowest BCUT2D eigenvalue weighted by molar-refractivity contribution is -0.384. The van der Waals surface area contributed by atoms with Crippen molar-refractivity contribution >= 4 is 35.1 Å². The summed E-state index contributed by atoms with van der Waals surface area (Å²) in [6.45, 7) is 0. The first kappa shape index (κ1) is 26.9. The van der Waals surface area contributed by atoms with Gasteiger partial charge in [0.05, 0.1) is 16.8 Å². The number of non-ortho nitro benzene ring substituents is 1. The quantitative estimate of drug-likeness (QED) is 0.148. The van der Waals surface area contributed by atoms with Crippen LogP contribution in [0.15, 0.2) is 84.2 Å². The van der Waals surface area contributed by atoms with Crippen LogP contribution in [0.1, 0.15) is 15.9 Å². The highest BCUT2D eigenvalue weighted by molar-refractivity contribution is 7.80. The predicted octanol–water partition coefficient (Wildman–Crippen LogP) is 4.38. The van der Waals surface area contributed by atoms with Gasteiger partial charge in [0.25, 0.3) is 11.6 Å². The van der Waals surface area contributed by atoms with Crippen LogP contribution in [0.2, 0.25) is 0 Å². The van der Waals surface area contributed by atoms with Crippen molar-refractivity contribution in [2.24, 2.45) is 5.10 Å². The molecule has 0 fully saturated rings. The molecule has 15 heteroatoms. The van der Waals surface area contributed by atoms with E-state index in [4.69, 9.17) is 12.2 Å². The van der Waals surface area contributed by atoms with Gasteiger partial charge in [0.2, 0.25) is 0 Å². The van der Waals surface area contributed by atoms with Gasteiger partial charge in [0, 0.05) is 23.3 Å². The van der Waals surface area contributed by atoms with Crippen molar-refractivity contribution in [3.8, 4) is 22.8 Å². The Labute approximate surface area is 223 Å². The lowest BCUT2D eigenvalue weighted by Gasteiger charge is -2.09. The van der Waals surface area contributed by atoms with E-state index >= 15 is 0 Å². The van der Waals surface area contributed by atoms with Crippen LogP contribution >= 0.6 is 12.2 Å². The Kier molecular flexibility index (Phi) is 7.90. The third kappa shape index (κ3) is 7.42. The third-order valence-corrected chi connectivity index (χ3v) is 5.14. The van der Waals surface area contributed by atoms with Crippen LogP contribution in [0.3, 0.4) is 0 Å². The topological polar surface area (TPSA) is 137 Å². The van der Waals surface area contributed by atoms with Gasteiger partial charge in [-0.15, -0.1) is 18.3 Å². The molecule has 2 N–H and O–H groups in total. The zero-order chi connectivity index (χ0) is 28.0. The molecule has 198 valence electrons. The van der Waals surface area contributed by atoms with Gasteiger partial charge in [-0.05, 0) is 54.2 Å². The fourth-order valence-corrected chi connectivity index (χ4v) is 3.29. The van der Waals surface area contributed by atoms with E-state index in [0.29, 0.717) is 22.6 Å². The fraction of sp³-hybridized carbons (Fsp3) is 0.0417. The van der Waals surface area contributed by atoms with Gasteiger partial charge < -0.3 is 4.74 Å². The summed E-state index contributed by atoms with van der Waals surface area (Å²) in [7, 11) is 0. The van der Waals surface area contributed by atoms with Gasteiger partial charge in [0.15, 0.2) is 10.9 Å². The van der Waals surface area contributed by atoms with Crippen molar-refractivity contribution in [2.45, 2.75) is 6.36 Å². The SMILES string of the molecule is O=C(NC(=S)N/N=C/c1ccc(-c2ncn(-c3ccc(OC(F)(F)F)cc3)n2)cc1)c1ccc([N+](=O)[O-])cc1. The van der Waals surface area contributed by atoms with Gasteiger partial charge >= 0.3 is 6.36 Å². The first-order valence-electron chi connectivity index (χ1n) is 10.8. The molecule has 0 saturated heterocycles. The van der Waals surface area contributed by atoms with E-state index in [-0.39, 0.29) is 22.1 Å². The molecule has 4 aromatic rings. The number of thiocarbonyl (C=S) groups is 1. The number of nitro groups is 1. The molecule has 1 amide bonds.